The molecule has 2 heterocycles. The SMILES string of the molecule is O=C(/C=C/c1cnc2ccccc2n1)N1CCc2ccccc2C1. The maximum Gasteiger partial charge on any atom is 0.246 e. The van der Waals surface area contributed by atoms with Crippen LogP contribution in [0.25, 0.3) is 17.1 Å². The number of hydrogen-bond donors (Lipinski definition) is 0. The van der Waals surface area contributed by atoms with E-state index in [0.29, 0.717) is 12.2 Å². The summed E-state index contributed by atoms with van der Waals surface area (Å²) in [7, 11) is 0. The lowest BCUT2D eigenvalue weighted by atomic mass is 10.00. The lowest BCUT2D eigenvalue weighted by Gasteiger charge is -2.27. The van der Waals surface area contributed by atoms with Crippen LogP contribution in [0.15, 0.2) is 60.8 Å². The molecule has 0 N–H and O–H groups in total. The second-order valence-electron chi connectivity index (χ2n) is 5.90. The van der Waals surface area contributed by atoms with E-state index < -0.39 is 0 Å². The van der Waals surface area contributed by atoms with Gasteiger partial charge in [0.15, 0.2) is 0 Å². The third kappa shape index (κ3) is 2.91. The second-order valence-corrected chi connectivity index (χ2v) is 5.90. The second kappa shape index (κ2) is 6.24. The van der Waals surface area contributed by atoms with Gasteiger partial charge < -0.3 is 4.90 Å². The fourth-order valence-corrected chi connectivity index (χ4v) is 3.00. The Balaban J connectivity index is 1.50. The number of fused-ring (bicyclic) bond motifs is 2. The van der Waals surface area contributed by atoms with Crippen LogP contribution < -0.4 is 0 Å². The summed E-state index contributed by atoms with van der Waals surface area (Å²) in [5.41, 5.74) is 4.95. The van der Waals surface area contributed by atoms with Gasteiger partial charge in [-0.15, -0.1) is 0 Å². The van der Waals surface area contributed by atoms with Crippen molar-refractivity contribution in [3.05, 3.63) is 77.6 Å². The molecule has 118 valence electrons. The fraction of sp³-hybridized carbons (Fsp3) is 0.150. The maximum absolute atomic E-state index is 12.4. The molecule has 1 amide bonds. The zero-order chi connectivity index (χ0) is 16.4. The van der Waals surface area contributed by atoms with Crippen LogP contribution in [0, 0.1) is 0 Å². The van der Waals surface area contributed by atoms with Crippen LogP contribution >= 0.6 is 0 Å². The summed E-state index contributed by atoms with van der Waals surface area (Å²) in [5, 5.41) is 0. The summed E-state index contributed by atoms with van der Waals surface area (Å²) in [6.45, 7) is 1.42. The van der Waals surface area contributed by atoms with E-state index in [1.54, 1.807) is 18.3 Å². The molecule has 0 saturated carbocycles. The van der Waals surface area contributed by atoms with E-state index in [1.165, 1.54) is 11.1 Å². The topological polar surface area (TPSA) is 46.1 Å². The highest BCUT2D eigenvalue weighted by atomic mass is 16.2. The van der Waals surface area contributed by atoms with Crippen molar-refractivity contribution in [3.8, 4) is 0 Å². The first-order chi connectivity index (χ1) is 11.8. The number of aromatic nitrogens is 2. The maximum atomic E-state index is 12.4. The summed E-state index contributed by atoms with van der Waals surface area (Å²) in [6, 6.07) is 16.0. The van der Waals surface area contributed by atoms with E-state index in [4.69, 9.17) is 0 Å². The van der Waals surface area contributed by atoms with Crippen molar-refractivity contribution < 1.29 is 4.79 Å². The van der Waals surface area contributed by atoms with Gasteiger partial charge >= 0.3 is 0 Å². The molecule has 0 atom stereocenters. The largest absolute Gasteiger partial charge is 0.334 e. The summed E-state index contributed by atoms with van der Waals surface area (Å²) in [6.07, 6.45) is 5.93. The van der Waals surface area contributed by atoms with Crippen LogP contribution in [-0.4, -0.2) is 27.3 Å². The minimum Gasteiger partial charge on any atom is -0.334 e. The van der Waals surface area contributed by atoms with E-state index >= 15 is 0 Å². The molecule has 4 rings (SSSR count). The molecule has 0 fully saturated rings. The van der Waals surface area contributed by atoms with Crippen LogP contribution in [0.3, 0.4) is 0 Å². The van der Waals surface area contributed by atoms with Crippen LogP contribution in [0.2, 0.25) is 0 Å². The predicted octanol–water partition coefficient (Wildman–Crippen LogP) is 3.23. The summed E-state index contributed by atoms with van der Waals surface area (Å²) < 4.78 is 0. The van der Waals surface area contributed by atoms with E-state index in [9.17, 15) is 4.79 Å². The number of hydrogen-bond acceptors (Lipinski definition) is 3. The number of rotatable bonds is 2. The molecule has 4 nitrogen and oxygen atoms in total. The zero-order valence-corrected chi connectivity index (χ0v) is 13.2. The Morgan fingerprint density at radius 1 is 1.00 bits per heavy atom. The quantitative estimate of drug-likeness (QED) is 0.682. The molecule has 0 bridgehead atoms. The highest BCUT2D eigenvalue weighted by molar-refractivity contribution is 5.92. The average Bonchev–Trinajstić information content (AvgIpc) is 2.65. The summed E-state index contributed by atoms with van der Waals surface area (Å²) in [4.78, 5) is 23.2. The molecule has 0 aliphatic carbocycles. The van der Waals surface area contributed by atoms with Crippen molar-refractivity contribution >= 4 is 23.0 Å². The molecule has 2 aromatic carbocycles. The Bertz CT molecular complexity index is 933. The molecule has 3 aromatic rings. The van der Waals surface area contributed by atoms with Crippen molar-refractivity contribution in [1.29, 1.82) is 0 Å². The molecular formula is C20H17N3O. The van der Waals surface area contributed by atoms with Gasteiger partial charge in [0.05, 0.1) is 22.9 Å². The van der Waals surface area contributed by atoms with E-state index in [1.807, 2.05) is 35.2 Å². The molecule has 1 aliphatic heterocycles. The monoisotopic (exact) mass is 315 g/mol. The number of carbonyl (C=O) groups excluding carboxylic acids is 1. The minimum atomic E-state index is 0.0134. The molecular weight excluding hydrogens is 298 g/mol. The van der Waals surface area contributed by atoms with Crippen LogP contribution in [0.4, 0.5) is 0 Å². The molecule has 24 heavy (non-hydrogen) atoms. The Hall–Kier alpha value is -3.01. The number of para-hydroxylation sites is 2. The molecule has 0 unspecified atom stereocenters. The van der Waals surface area contributed by atoms with Crippen LogP contribution in [-0.2, 0) is 17.8 Å². The van der Waals surface area contributed by atoms with Crippen LogP contribution in [0.5, 0.6) is 0 Å². The Kier molecular flexibility index (Phi) is 3.79. The molecule has 4 heteroatoms. The highest BCUT2D eigenvalue weighted by Gasteiger charge is 2.18. The number of carbonyl (C=O) groups is 1. The standard InChI is InChI=1S/C20H17N3O/c24-20(23-12-11-15-5-1-2-6-16(15)14-23)10-9-17-13-21-18-7-3-4-8-19(18)22-17/h1-10,13H,11-12,14H2/b10-9+. The van der Waals surface area contributed by atoms with Gasteiger partial charge in [0, 0.05) is 19.2 Å². The number of nitrogens with zero attached hydrogens (tertiary/aromatic N) is 3. The first-order valence-corrected chi connectivity index (χ1v) is 8.05. The molecule has 0 saturated heterocycles. The van der Waals surface area contributed by atoms with Crippen molar-refractivity contribution in [3.63, 3.8) is 0 Å². The van der Waals surface area contributed by atoms with Gasteiger partial charge in [-0.25, -0.2) is 4.98 Å². The van der Waals surface area contributed by atoms with E-state index in [0.717, 1.165) is 24.0 Å². The van der Waals surface area contributed by atoms with E-state index in [2.05, 4.69) is 28.2 Å². The smallest absolute Gasteiger partial charge is 0.246 e. The first-order valence-electron chi connectivity index (χ1n) is 8.05. The number of amides is 1. The van der Waals surface area contributed by atoms with Gasteiger partial charge in [0.25, 0.3) is 0 Å². The zero-order valence-electron chi connectivity index (χ0n) is 13.2. The molecule has 0 radical (unpaired) electrons. The summed E-state index contributed by atoms with van der Waals surface area (Å²) in [5.74, 6) is 0.0134. The van der Waals surface area contributed by atoms with Crippen molar-refractivity contribution in [2.75, 3.05) is 6.54 Å². The van der Waals surface area contributed by atoms with Gasteiger partial charge in [-0.3, -0.25) is 9.78 Å². The normalized spacial score (nSPS) is 14.1. The molecule has 1 aromatic heterocycles. The van der Waals surface area contributed by atoms with Crippen LogP contribution in [0.1, 0.15) is 16.8 Å². The average molecular weight is 315 g/mol. The van der Waals surface area contributed by atoms with Gasteiger partial charge in [-0.05, 0) is 35.8 Å². The third-order valence-corrected chi connectivity index (χ3v) is 4.31. The first kappa shape index (κ1) is 14.6. The lowest BCUT2D eigenvalue weighted by Crippen LogP contribution is -2.34. The van der Waals surface area contributed by atoms with Crippen molar-refractivity contribution in [1.82, 2.24) is 14.9 Å². The molecule has 0 spiro atoms. The van der Waals surface area contributed by atoms with E-state index in [-0.39, 0.29) is 5.91 Å². The summed E-state index contributed by atoms with van der Waals surface area (Å²) >= 11 is 0. The van der Waals surface area contributed by atoms with Crippen molar-refractivity contribution in [2.24, 2.45) is 0 Å². The van der Waals surface area contributed by atoms with Crippen molar-refractivity contribution in [2.45, 2.75) is 13.0 Å². The van der Waals surface area contributed by atoms with Gasteiger partial charge in [0.2, 0.25) is 5.91 Å². The van der Waals surface area contributed by atoms with Gasteiger partial charge in [-0.1, -0.05) is 36.4 Å². The Morgan fingerprint density at radius 2 is 1.75 bits per heavy atom. The minimum absolute atomic E-state index is 0.0134. The highest BCUT2D eigenvalue weighted by Crippen LogP contribution is 2.18. The Labute approximate surface area is 140 Å². The lowest BCUT2D eigenvalue weighted by molar-refractivity contribution is -0.126. The molecule has 1 aliphatic rings. The predicted molar refractivity (Wildman–Crippen MR) is 94.1 cm³/mol. The van der Waals surface area contributed by atoms with Gasteiger partial charge in [-0.2, -0.15) is 0 Å². The fourth-order valence-electron chi connectivity index (χ4n) is 3.00. The van der Waals surface area contributed by atoms with Gasteiger partial charge in [0.1, 0.15) is 0 Å². The Morgan fingerprint density at radius 3 is 2.62 bits per heavy atom. The number of benzene rings is 2. The third-order valence-electron chi connectivity index (χ3n) is 4.31.